The molecule has 2 fully saturated rings. The molecule has 0 saturated carbocycles. The number of amides is 1. The van der Waals surface area contributed by atoms with Crippen molar-refractivity contribution in [2.75, 3.05) is 26.2 Å². The lowest BCUT2D eigenvalue weighted by Gasteiger charge is -2.39. The van der Waals surface area contributed by atoms with E-state index < -0.39 is 112 Å². The summed E-state index contributed by atoms with van der Waals surface area (Å²) in [6, 6.07) is 9.94. The Hall–Kier alpha value is -8.74. The molecule has 74 heavy (non-hydrogen) atoms. The van der Waals surface area contributed by atoms with Gasteiger partial charge in [0.15, 0.2) is 0 Å². The quantitative estimate of drug-likeness (QED) is 0.0668. The predicted molar refractivity (Wildman–Crippen MR) is 259 cm³/mol. The molecule has 2 atom stereocenters. The molecule has 3 aromatic carbocycles. The highest BCUT2D eigenvalue weighted by Crippen LogP contribution is 2.50. The van der Waals surface area contributed by atoms with E-state index in [4.69, 9.17) is 24.0 Å². The molecule has 382 valence electrons. The molecular weight excluding hydrogens is 971 g/mol. The Balaban J connectivity index is 0.947. The maximum absolute atomic E-state index is 14.5. The first-order valence-electron chi connectivity index (χ1n) is 24.0. The van der Waals surface area contributed by atoms with Gasteiger partial charge in [0.1, 0.15) is 18.1 Å². The van der Waals surface area contributed by atoms with Crippen molar-refractivity contribution in [2.45, 2.75) is 96.6 Å². The summed E-state index contributed by atoms with van der Waals surface area (Å²) in [5.41, 5.74) is -5.93. The third kappa shape index (κ3) is 8.08. The maximum atomic E-state index is 14.5. The van der Waals surface area contributed by atoms with E-state index in [0.717, 1.165) is 61.5 Å². The van der Waals surface area contributed by atoms with Gasteiger partial charge in [-0.2, -0.15) is 0 Å². The third-order valence-electron chi connectivity index (χ3n) is 14.6. The van der Waals surface area contributed by atoms with Crippen LogP contribution in [0.5, 0.6) is 5.75 Å². The Morgan fingerprint density at radius 1 is 0.838 bits per heavy atom. The summed E-state index contributed by atoms with van der Waals surface area (Å²) < 4.78 is 18.9. The van der Waals surface area contributed by atoms with Crippen LogP contribution in [-0.2, 0) is 49.1 Å². The van der Waals surface area contributed by atoms with Gasteiger partial charge in [-0.1, -0.05) is 25.4 Å². The number of ether oxygens (including phenoxy) is 3. The number of rotatable bonds is 12. The van der Waals surface area contributed by atoms with E-state index in [1.54, 1.807) is 29.2 Å². The van der Waals surface area contributed by atoms with Crippen LogP contribution in [0.4, 0.5) is 27.5 Å². The van der Waals surface area contributed by atoms with Gasteiger partial charge >= 0.3 is 18.0 Å². The Labute approximate surface area is 417 Å². The second-order valence-corrected chi connectivity index (χ2v) is 18.6. The van der Waals surface area contributed by atoms with Crippen LogP contribution in [0.2, 0.25) is 0 Å². The predicted octanol–water partition coefficient (Wildman–Crippen LogP) is 7.11. The van der Waals surface area contributed by atoms with Gasteiger partial charge in [0.25, 0.3) is 28.3 Å². The number of cyclic esters (lactones) is 1. The monoisotopic (exact) mass is 1020 g/mol. The van der Waals surface area contributed by atoms with Gasteiger partial charge < -0.3 is 33.4 Å². The number of nitro benzene ring substituents is 4. The van der Waals surface area contributed by atoms with Gasteiger partial charge in [-0.05, 0) is 88.4 Å². The zero-order valence-electron chi connectivity index (χ0n) is 40.0. The number of oxime groups is 1. The first-order valence-corrected chi connectivity index (χ1v) is 24.0. The van der Waals surface area contributed by atoms with Crippen LogP contribution in [0.1, 0.15) is 92.7 Å². The second kappa shape index (κ2) is 18.7. The molecule has 2 aromatic heterocycles. The summed E-state index contributed by atoms with van der Waals surface area (Å²) in [5.74, 6) is -1.94. The number of hydrogen-bond acceptors (Lipinski definition) is 19. The number of aryl methyl sites for hydroxylation is 1. The smallest absolute Gasteiger partial charge is 0.415 e. The van der Waals surface area contributed by atoms with Crippen molar-refractivity contribution < 1.29 is 53.1 Å². The lowest BCUT2D eigenvalue weighted by molar-refractivity contribution is -0.395. The molecule has 1 aliphatic carbocycles. The molecule has 4 aliphatic heterocycles. The van der Waals surface area contributed by atoms with Crippen LogP contribution < -0.4 is 10.3 Å². The molecule has 1 amide bonds. The molecule has 6 heterocycles. The fourth-order valence-corrected chi connectivity index (χ4v) is 10.9. The van der Waals surface area contributed by atoms with Crippen molar-refractivity contribution in [1.29, 1.82) is 0 Å². The normalized spacial score (nSPS) is 18.3. The summed E-state index contributed by atoms with van der Waals surface area (Å²) >= 11 is 0. The minimum Gasteiger partial charge on any atom is -0.457 e. The number of pyridine rings is 2. The standard InChI is InChI=1S/C49H45N9O16/c1-4-30-31-21-29(72-48(62)53-15-11-26(12-16-53)52-13-7-6-8-14-52)9-10-37(31)50-44-34(30)23-54-40(44)22-36-35(45(54)59)24-71-47(61)49(36,5-2)73-46(60)25(3)74-51-43-32-17-27(55(63)64)19-38(57(67)68)41(32)42-33(43)18-28(56(65)66)20-39(42)58(69)70/h9-10,17-22,25-26H,4-8,11-16,23-24H2,1-3H3/t25?,49-/m0/s1. The lowest BCUT2D eigenvalue weighted by Crippen LogP contribution is -2.48. The zero-order valence-corrected chi connectivity index (χ0v) is 40.0. The molecular formula is C49H45N9O16. The topological polar surface area (TPSA) is 314 Å². The van der Waals surface area contributed by atoms with E-state index >= 15 is 0 Å². The SMILES string of the molecule is CCc1c2c(nc3ccc(OC(=O)N4CCC(N5CCCCC5)CC4)cc13)-c1cc3c(c(=O)n1C2)COC(=O)[C@@]3(CC)OC(=O)C(C)ON=C1c2cc([N+](=O)[O-])cc([N+](=O)[O-])c2-c2c1cc([N+](=O)[O-])cc2[N+](=O)[O-]. The number of piperidine rings is 2. The molecule has 5 aliphatic rings. The van der Waals surface area contributed by atoms with E-state index in [1.807, 2.05) is 6.92 Å². The van der Waals surface area contributed by atoms with E-state index in [0.29, 0.717) is 60.3 Å². The number of nitrogens with zero attached hydrogens (tertiary/aromatic N) is 9. The van der Waals surface area contributed by atoms with E-state index in [2.05, 4.69) is 10.1 Å². The molecule has 1 unspecified atom stereocenters. The van der Waals surface area contributed by atoms with Crippen molar-refractivity contribution >= 4 is 57.4 Å². The number of nitro groups is 4. The molecule has 0 radical (unpaired) electrons. The van der Waals surface area contributed by atoms with Crippen molar-refractivity contribution in [3.63, 3.8) is 0 Å². The number of aromatic nitrogens is 2. The fourth-order valence-electron chi connectivity index (χ4n) is 10.9. The van der Waals surface area contributed by atoms with Crippen LogP contribution in [-0.4, -0.2) is 101 Å². The molecule has 25 nitrogen and oxygen atoms in total. The van der Waals surface area contributed by atoms with Crippen molar-refractivity contribution in [3.05, 3.63) is 133 Å². The summed E-state index contributed by atoms with van der Waals surface area (Å²) in [4.78, 5) is 115. The molecule has 0 bridgehead atoms. The Bertz CT molecular complexity index is 3330. The number of likely N-dealkylation sites (tertiary alicyclic amines) is 2. The zero-order chi connectivity index (χ0) is 52.5. The minimum atomic E-state index is -2.24. The number of carbonyl (C=O) groups is 3. The van der Waals surface area contributed by atoms with Crippen LogP contribution in [0.15, 0.2) is 58.5 Å². The Kier molecular flexibility index (Phi) is 12.4. The number of carbonyl (C=O) groups excluding carboxylic acids is 3. The third-order valence-corrected chi connectivity index (χ3v) is 14.6. The van der Waals surface area contributed by atoms with E-state index in [1.165, 1.54) is 30.8 Å². The number of esters is 2. The molecule has 25 heteroatoms. The maximum Gasteiger partial charge on any atom is 0.415 e. The van der Waals surface area contributed by atoms with Crippen LogP contribution in [0, 0.1) is 40.5 Å². The largest absolute Gasteiger partial charge is 0.457 e. The van der Waals surface area contributed by atoms with Crippen LogP contribution in [0.3, 0.4) is 0 Å². The van der Waals surface area contributed by atoms with Gasteiger partial charge in [-0.15, -0.1) is 0 Å². The number of non-ortho nitro benzene ring substituents is 2. The lowest BCUT2D eigenvalue weighted by atomic mass is 9.85. The average Bonchev–Trinajstić information content (AvgIpc) is 3.92. The Morgan fingerprint density at radius 2 is 1.47 bits per heavy atom. The van der Waals surface area contributed by atoms with Crippen molar-refractivity contribution in [3.8, 4) is 28.3 Å². The molecule has 2 saturated heterocycles. The highest BCUT2D eigenvalue weighted by atomic mass is 16.7. The van der Waals surface area contributed by atoms with E-state index in [-0.39, 0.29) is 24.1 Å². The highest BCUT2D eigenvalue weighted by molar-refractivity contribution is 6.27. The van der Waals surface area contributed by atoms with Crippen LogP contribution in [0.25, 0.3) is 33.4 Å². The summed E-state index contributed by atoms with van der Waals surface area (Å²) in [5, 5.41) is 53.0. The highest BCUT2D eigenvalue weighted by Gasteiger charge is 2.51. The first kappa shape index (κ1) is 48.9. The summed E-state index contributed by atoms with van der Waals surface area (Å²) in [7, 11) is 0. The van der Waals surface area contributed by atoms with Crippen molar-refractivity contribution in [1.82, 2.24) is 19.4 Å². The summed E-state index contributed by atoms with van der Waals surface area (Å²) in [6.45, 7) is 7.62. The first-order chi connectivity index (χ1) is 35.4. The van der Waals surface area contributed by atoms with E-state index in [9.17, 15) is 59.6 Å². The van der Waals surface area contributed by atoms with Crippen molar-refractivity contribution in [2.24, 2.45) is 5.16 Å². The molecule has 0 N–H and O–H groups in total. The average molecular weight is 1020 g/mol. The number of hydrogen-bond donors (Lipinski definition) is 0. The van der Waals surface area contributed by atoms with Crippen LogP contribution >= 0.6 is 0 Å². The number of benzene rings is 3. The molecule has 10 rings (SSSR count). The minimum absolute atomic E-state index is 0.0203. The Morgan fingerprint density at radius 3 is 2.05 bits per heavy atom. The number of fused-ring (bicyclic) bond motifs is 8. The van der Waals surface area contributed by atoms with Gasteiger partial charge in [0.2, 0.25) is 11.7 Å². The molecule has 5 aromatic rings. The fraction of sp³-hybridized carbons (Fsp3) is 0.388. The van der Waals surface area contributed by atoms with Gasteiger partial charge in [0.05, 0.1) is 72.0 Å². The van der Waals surface area contributed by atoms with Gasteiger partial charge in [0, 0.05) is 58.9 Å². The summed E-state index contributed by atoms with van der Waals surface area (Å²) in [6.07, 6.45) is 3.45. The van der Waals surface area contributed by atoms with Gasteiger partial charge in [-0.3, -0.25) is 45.3 Å². The van der Waals surface area contributed by atoms with Gasteiger partial charge in [-0.25, -0.2) is 19.4 Å². The second-order valence-electron chi connectivity index (χ2n) is 18.6. The molecule has 0 spiro atoms.